The molecule has 31 heavy (non-hydrogen) atoms. The third-order valence-electron chi connectivity index (χ3n) is 6.07. The summed E-state index contributed by atoms with van der Waals surface area (Å²) in [6, 6.07) is 5.11. The second-order valence-corrected chi connectivity index (χ2v) is 8.20. The predicted octanol–water partition coefficient (Wildman–Crippen LogP) is 2.70. The highest BCUT2D eigenvalue weighted by molar-refractivity contribution is 5.79. The number of rotatable bonds is 6. The number of hydrogen-bond acceptors (Lipinski definition) is 3. The van der Waals surface area contributed by atoms with E-state index in [1.54, 1.807) is 7.05 Å². The van der Waals surface area contributed by atoms with Crippen molar-refractivity contribution < 1.29 is 18.0 Å². The third-order valence-corrected chi connectivity index (χ3v) is 6.07. The number of carbonyl (C=O) groups excluding carboxylic acids is 1. The molecule has 2 fully saturated rings. The van der Waals surface area contributed by atoms with Crippen LogP contribution < -0.4 is 10.6 Å². The third kappa shape index (κ3) is 6.85. The summed E-state index contributed by atoms with van der Waals surface area (Å²) in [5.41, 5.74) is 0.0998. The Morgan fingerprint density at radius 3 is 2.29 bits per heavy atom. The Balaban J connectivity index is 1.33. The number of nitrogens with zero attached hydrogens (tertiary/aromatic N) is 3. The van der Waals surface area contributed by atoms with Crippen molar-refractivity contribution in [1.29, 1.82) is 0 Å². The summed E-state index contributed by atoms with van der Waals surface area (Å²) < 4.78 is 37.9. The number of aliphatic imine (C=N–C) groups is 1. The maximum absolute atomic E-state index is 12.6. The molecule has 1 heterocycles. The van der Waals surface area contributed by atoms with Gasteiger partial charge in [-0.2, -0.15) is 13.2 Å². The van der Waals surface area contributed by atoms with Crippen molar-refractivity contribution in [3.05, 3.63) is 35.4 Å². The lowest BCUT2D eigenvalue weighted by Gasteiger charge is -2.36. The summed E-state index contributed by atoms with van der Waals surface area (Å²) in [5.74, 6) is 1.19. The number of nitrogens with one attached hydrogen (secondary N) is 2. The van der Waals surface area contributed by atoms with E-state index in [1.165, 1.54) is 25.0 Å². The van der Waals surface area contributed by atoms with Crippen molar-refractivity contribution in [3.63, 3.8) is 0 Å². The maximum atomic E-state index is 12.6. The van der Waals surface area contributed by atoms with Crippen molar-refractivity contribution in [2.24, 2.45) is 10.9 Å². The first kappa shape index (κ1) is 23.4. The lowest BCUT2D eigenvalue weighted by atomic mass is 10.1. The van der Waals surface area contributed by atoms with Gasteiger partial charge < -0.3 is 15.5 Å². The van der Waals surface area contributed by atoms with Crippen LogP contribution in [-0.2, 0) is 17.5 Å². The van der Waals surface area contributed by atoms with Gasteiger partial charge in [0.05, 0.1) is 5.56 Å². The minimum Gasteiger partial charge on any atom is -0.355 e. The molecule has 0 spiro atoms. The van der Waals surface area contributed by atoms with E-state index >= 15 is 0 Å². The second-order valence-electron chi connectivity index (χ2n) is 8.20. The molecular weight excluding hydrogens is 407 g/mol. The van der Waals surface area contributed by atoms with Crippen LogP contribution in [0.3, 0.4) is 0 Å². The first-order valence-electron chi connectivity index (χ1n) is 11.0. The summed E-state index contributed by atoms with van der Waals surface area (Å²) in [6.45, 7) is 5.25. The van der Waals surface area contributed by atoms with Crippen LogP contribution in [0.4, 0.5) is 13.2 Å². The standard InChI is InChI=1S/C22H32F3N5O/c1-26-21(28-16-17-6-8-19(9-7-17)22(23,24)25)27-10-11-29-12-14-30(15-13-29)20(31)18-4-2-3-5-18/h6-9,18H,2-5,10-16H2,1H3,(H2,26,27,28). The van der Waals surface area contributed by atoms with Gasteiger partial charge >= 0.3 is 6.18 Å². The summed E-state index contributed by atoms with van der Waals surface area (Å²) in [6.07, 6.45) is 0.120. The van der Waals surface area contributed by atoms with Crippen molar-refractivity contribution in [2.45, 2.75) is 38.4 Å². The molecule has 2 aliphatic rings. The van der Waals surface area contributed by atoms with Crippen molar-refractivity contribution >= 4 is 11.9 Å². The van der Waals surface area contributed by atoms with E-state index in [0.717, 1.165) is 63.3 Å². The molecule has 0 aromatic heterocycles. The predicted molar refractivity (Wildman–Crippen MR) is 115 cm³/mol. The average Bonchev–Trinajstić information content (AvgIpc) is 3.31. The Morgan fingerprint density at radius 2 is 1.71 bits per heavy atom. The maximum Gasteiger partial charge on any atom is 0.416 e. The number of hydrogen-bond donors (Lipinski definition) is 2. The Bertz CT molecular complexity index is 737. The fraction of sp³-hybridized carbons (Fsp3) is 0.636. The molecule has 1 aromatic carbocycles. The van der Waals surface area contributed by atoms with Gasteiger partial charge in [-0.15, -0.1) is 0 Å². The van der Waals surface area contributed by atoms with Gasteiger partial charge in [-0.3, -0.25) is 14.7 Å². The lowest BCUT2D eigenvalue weighted by molar-refractivity contribution is -0.138. The zero-order valence-electron chi connectivity index (χ0n) is 18.0. The van der Waals surface area contributed by atoms with E-state index in [2.05, 4.69) is 20.5 Å². The number of guanidine groups is 1. The summed E-state index contributed by atoms with van der Waals surface area (Å²) in [4.78, 5) is 21.0. The zero-order valence-corrected chi connectivity index (χ0v) is 18.0. The van der Waals surface area contributed by atoms with Crippen LogP contribution >= 0.6 is 0 Å². The van der Waals surface area contributed by atoms with E-state index in [9.17, 15) is 18.0 Å². The summed E-state index contributed by atoms with van der Waals surface area (Å²) in [5, 5.41) is 6.36. The molecule has 0 atom stereocenters. The van der Waals surface area contributed by atoms with E-state index in [0.29, 0.717) is 25.0 Å². The first-order valence-corrected chi connectivity index (χ1v) is 11.0. The topological polar surface area (TPSA) is 60.0 Å². The molecule has 1 aliphatic carbocycles. The van der Waals surface area contributed by atoms with Crippen molar-refractivity contribution in [3.8, 4) is 0 Å². The molecule has 0 radical (unpaired) electrons. The monoisotopic (exact) mass is 439 g/mol. The van der Waals surface area contributed by atoms with E-state index in [-0.39, 0.29) is 5.92 Å². The average molecular weight is 440 g/mol. The SMILES string of the molecule is CN=C(NCCN1CCN(C(=O)C2CCCC2)CC1)NCc1ccc(C(F)(F)F)cc1. The Morgan fingerprint density at radius 1 is 1.06 bits per heavy atom. The van der Waals surface area contributed by atoms with Crippen molar-refractivity contribution in [2.75, 3.05) is 46.3 Å². The minimum atomic E-state index is -4.32. The summed E-state index contributed by atoms with van der Waals surface area (Å²) >= 11 is 0. The number of benzene rings is 1. The fourth-order valence-corrected chi connectivity index (χ4v) is 4.17. The normalized spacial score (nSPS) is 19.0. The highest BCUT2D eigenvalue weighted by atomic mass is 19.4. The number of amides is 1. The minimum absolute atomic E-state index is 0.243. The number of alkyl halides is 3. The Kier molecular flexibility index (Phi) is 8.17. The molecule has 1 amide bonds. The van der Waals surface area contributed by atoms with Crippen LogP contribution in [0, 0.1) is 5.92 Å². The molecule has 1 saturated carbocycles. The molecule has 1 aromatic rings. The van der Waals surface area contributed by atoms with Gasteiger partial charge in [-0.05, 0) is 30.5 Å². The number of carbonyl (C=O) groups is 1. The molecule has 0 bridgehead atoms. The number of halogens is 3. The highest BCUT2D eigenvalue weighted by Gasteiger charge is 2.30. The second kappa shape index (κ2) is 10.8. The van der Waals surface area contributed by atoms with Crippen LogP contribution in [0.15, 0.2) is 29.3 Å². The lowest BCUT2D eigenvalue weighted by Crippen LogP contribution is -2.51. The van der Waals surface area contributed by atoms with Crippen LogP contribution in [0.1, 0.15) is 36.8 Å². The molecule has 172 valence electrons. The summed E-state index contributed by atoms with van der Waals surface area (Å²) in [7, 11) is 1.66. The van der Waals surface area contributed by atoms with Gasteiger partial charge in [0.25, 0.3) is 0 Å². The van der Waals surface area contributed by atoms with Gasteiger partial charge in [0.1, 0.15) is 0 Å². The van der Waals surface area contributed by atoms with E-state index in [4.69, 9.17) is 0 Å². The Hall–Kier alpha value is -2.29. The first-order chi connectivity index (χ1) is 14.9. The fourth-order valence-electron chi connectivity index (χ4n) is 4.17. The molecule has 6 nitrogen and oxygen atoms in total. The van der Waals surface area contributed by atoms with E-state index < -0.39 is 11.7 Å². The zero-order chi connectivity index (χ0) is 22.3. The molecule has 3 rings (SSSR count). The largest absolute Gasteiger partial charge is 0.416 e. The van der Waals surface area contributed by atoms with Crippen LogP contribution in [0.2, 0.25) is 0 Å². The van der Waals surface area contributed by atoms with Crippen LogP contribution in [0.5, 0.6) is 0 Å². The van der Waals surface area contributed by atoms with Crippen molar-refractivity contribution in [1.82, 2.24) is 20.4 Å². The highest BCUT2D eigenvalue weighted by Crippen LogP contribution is 2.29. The number of piperazine rings is 1. The van der Waals surface area contributed by atoms with Crippen LogP contribution in [0.25, 0.3) is 0 Å². The molecule has 2 N–H and O–H groups in total. The molecule has 9 heteroatoms. The molecule has 1 aliphatic heterocycles. The van der Waals surface area contributed by atoms with Gasteiger partial charge in [0.2, 0.25) is 5.91 Å². The van der Waals surface area contributed by atoms with Gasteiger partial charge in [-0.1, -0.05) is 25.0 Å². The van der Waals surface area contributed by atoms with Gasteiger partial charge in [-0.25, -0.2) is 0 Å². The molecular formula is C22H32F3N5O. The van der Waals surface area contributed by atoms with Gasteiger partial charge in [0.15, 0.2) is 5.96 Å². The quantitative estimate of drug-likeness (QED) is 0.529. The smallest absolute Gasteiger partial charge is 0.355 e. The van der Waals surface area contributed by atoms with Gasteiger partial charge in [0, 0.05) is 58.8 Å². The Labute approximate surface area is 181 Å². The van der Waals surface area contributed by atoms with Crippen LogP contribution in [-0.4, -0.2) is 68.0 Å². The molecule has 0 unspecified atom stereocenters. The van der Waals surface area contributed by atoms with E-state index in [1.807, 2.05) is 4.90 Å². The molecule has 1 saturated heterocycles.